The number of rotatable bonds is 6. The third-order valence-electron chi connectivity index (χ3n) is 2.77. The number of nitrogens with zero attached hydrogens (tertiary/aromatic N) is 2. The number of halogens is 1. The maximum absolute atomic E-state index is 12.1. The molecule has 0 N–H and O–H groups in total. The van der Waals surface area contributed by atoms with Crippen LogP contribution in [0.15, 0.2) is 45.9 Å². The van der Waals surface area contributed by atoms with Gasteiger partial charge in [-0.05, 0) is 28.4 Å². The van der Waals surface area contributed by atoms with E-state index in [9.17, 15) is 9.59 Å². The summed E-state index contributed by atoms with van der Waals surface area (Å²) >= 11 is 3.16. The highest BCUT2D eigenvalue weighted by Crippen LogP contribution is 2.18. The number of hydrogen-bond acceptors (Lipinski definition) is 5. The second kappa shape index (κ2) is 7.74. The normalized spacial score (nSPS) is 10.3. The molecule has 0 fully saturated rings. The smallest absolute Gasteiger partial charge is 0.326 e. The van der Waals surface area contributed by atoms with Gasteiger partial charge in [-0.3, -0.25) is 14.2 Å². The zero-order chi connectivity index (χ0) is 15.9. The molecule has 116 valence electrons. The van der Waals surface area contributed by atoms with Gasteiger partial charge in [0.2, 0.25) is 5.88 Å². The average Bonchev–Trinajstić information content (AvgIpc) is 2.52. The highest BCUT2D eigenvalue weighted by Gasteiger charge is 2.13. The van der Waals surface area contributed by atoms with Crippen molar-refractivity contribution >= 4 is 21.9 Å². The largest absolute Gasteiger partial charge is 0.472 e. The molecular weight excluding hydrogens is 352 g/mol. The van der Waals surface area contributed by atoms with Crippen molar-refractivity contribution in [1.82, 2.24) is 9.55 Å². The molecular formula is C15H15BrN2O4. The van der Waals surface area contributed by atoms with Crippen LogP contribution < -0.4 is 10.3 Å². The molecule has 1 aromatic heterocycles. The molecule has 6 nitrogen and oxygen atoms in total. The number of esters is 1. The van der Waals surface area contributed by atoms with Gasteiger partial charge in [0.15, 0.2) is 0 Å². The molecule has 0 saturated carbocycles. The summed E-state index contributed by atoms with van der Waals surface area (Å²) in [6, 6.07) is 9.54. The third kappa shape index (κ3) is 4.17. The number of ether oxygens (including phenoxy) is 2. The first-order valence-electron chi connectivity index (χ1n) is 6.69. The number of carbonyl (C=O) groups is 1. The molecule has 2 aromatic rings. The molecule has 0 unspecified atom stereocenters. The Balaban J connectivity index is 2.10. The Morgan fingerprint density at radius 2 is 2.05 bits per heavy atom. The molecule has 0 bridgehead atoms. The number of benzene rings is 1. The summed E-state index contributed by atoms with van der Waals surface area (Å²) in [6.45, 7) is 2.08. The first-order valence-corrected chi connectivity index (χ1v) is 7.48. The van der Waals surface area contributed by atoms with Gasteiger partial charge in [-0.1, -0.05) is 30.3 Å². The highest BCUT2D eigenvalue weighted by atomic mass is 79.9. The van der Waals surface area contributed by atoms with Crippen molar-refractivity contribution in [3.63, 3.8) is 0 Å². The van der Waals surface area contributed by atoms with Crippen LogP contribution >= 0.6 is 15.9 Å². The van der Waals surface area contributed by atoms with Crippen LogP contribution in [0.1, 0.15) is 12.5 Å². The molecule has 1 aromatic carbocycles. The Morgan fingerprint density at radius 3 is 2.73 bits per heavy atom. The second-order valence-corrected chi connectivity index (χ2v) is 5.17. The van der Waals surface area contributed by atoms with Gasteiger partial charge in [0.05, 0.1) is 6.61 Å². The predicted octanol–water partition coefficient (Wildman–Crippen LogP) is 2.15. The molecule has 1 heterocycles. The van der Waals surface area contributed by atoms with Gasteiger partial charge in [0.1, 0.15) is 24.0 Å². The molecule has 0 radical (unpaired) electrons. The van der Waals surface area contributed by atoms with Gasteiger partial charge in [-0.2, -0.15) is 0 Å². The summed E-state index contributed by atoms with van der Waals surface area (Å²) in [4.78, 5) is 27.6. The van der Waals surface area contributed by atoms with Gasteiger partial charge >= 0.3 is 5.97 Å². The quantitative estimate of drug-likeness (QED) is 0.732. The van der Waals surface area contributed by atoms with Crippen LogP contribution in [0.3, 0.4) is 0 Å². The summed E-state index contributed by atoms with van der Waals surface area (Å²) in [5, 5.41) is 0. The Bertz CT molecular complexity index is 700. The summed E-state index contributed by atoms with van der Waals surface area (Å²) in [5.74, 6) is -0.301. The molecule has 0 atom stereocenters. The molecule has 7 heteroatoms. The molecule has 22 heavy (non-hydrogen) atoms. The van der Waals surface area contributed by atoms with E-state index in [0.29, 0.717) is 6.61 Å². The average molecular weight is 367 g/mol. The van der Waals surface area contributed by atoms with Crippen LogP contribution in [0.4, 0.5) is 0 Å². The van der Waals surface area contributed by atoms with Crippen molar-refractivity contribution < 1.29 is 14.3 Å². The fourth-order valence-electron chi connectivity index (χ4n) is 1.73. The lowest BCUT2D eigenvalue weighted by Crippen LogP contribution is -2.26. The van der Waals surface area contributed by atoms with E-state index in [1.165, 1.54) is 6.33 Å². The molecule has 0 aliphatic rings. The lowest BCUT2D eigenvalue weighted by atomic mass is 10.2. The van der Waals surface area contributed by atoms with Crippen LogP contribution in [0.25, 0.3) is 0 Å². The minimum Gasteiger partial charge on any atom is -0.472 e. The summed E-state index contributed by atoms with van der Waals surface area (Å²) in [6.07, 6.45) is 1.27. The standard InChI is InChI=1S/C15H15BrN2O4/c1-2-21-12(19)8-18-10-17-14(13(16)15(18)20)22-9-11-6-4-3-5-7-11/h3-7,10H,2,8-9H2,1H3. The van der Waals surface area contributed by atoms with Crippen LogP contribution in [-0.4, -0.2) is 22.1 Å². The first kappa shape index (κ1) is 16.2. The zero-order valence-corrected chi connectivity index (χ0v) is 13.6. The fourth-order valence-corrected chi connectivity index (χ4v) is 2.18. The van der Waals surface area contributed by atoms with Crippen LogP contribution in [0.5, 0.6) is 5.88 Å². The Morgan fingerprint density at radius 1 is 1.32 bits per heavy atom. The SMILES string of the molecule is CCOC(=O)Cn1cnc(OCc2ccccc2)c(Br)c1=O. The van der Waals surface area contributed by atoms with Gasteiger partial charge < -0.3 is 9.47 Å². The Hall–Kier alpha value is -2.15. The van der Waals surface area contributed by atoms with E-state index in [0.717, 1.165) is 10.1 Å². The highest BCUT2D eigenvalue weighted by molar-refractivity contribution is 9.10. The minimum absolute atomic E-state index is 0.176. The van der Waals surface area contributed by atoms with Crippen LogP contribution in [0.2, 0.25) is 0 Å². The van der Waals surface area contributed by atoms with Crippen LogP contribution in [0, 0.1) is 0 Å². The number of carbonyl (C=O) groups excluding carboxylic acids is 1. The van der Waals surface area contributed by atoms with E-state index in [2.05, 4.69) is 20.9 Å². The van der Waals surface area contributed by atoms with E-state index < -0.39 is 11.5 Å². The maximum Gasteiger partial charge on any atom is 0.326 e. The van der Waals surface area contributed by atoms with Crippen molar-refractivity contribution in [3.8, 4) is 5.88 Å². The first-order chi connectivity index (χ1) is 10.6. The molecule has 0 aliphatic heterocycles. The molecule has 0 aliphatic carbocycles. The Kier molecular flexibility index (Phi) is 5.71. The van der Waals surface area contributed by atoms with E-state index in [4.69, 9.17) is 9.47 Å². The Labute approximate surface area is 135 Å². The monoisotopic (exact) mass is 366 g/mol. The van der Waals surface area contributed by atoms with E-state index in [1.54, 1.807) is 6.92 Å². The van der Waals surface area contributed by atoms with E-state index in [-0.39, 0.29) is 23.5 Å². The van der Waals surface area contributed by atoms with Crippen molar-refractivity contribution in [2.45, 2.75) is 20.1 Å². The lowest BCUT2D eigenvalue weighted by molar-refractivity contribution is -0.143. The second-order valence-electron chi connectivity index (χ2n) is 4.38. The van der Waals surface area contributed by atoms with Crippen molar-refractivity contribution in [2.24, 2.45) is 0 Å². The van der Waals surface area contributed by atoms with E-state index >= 15 is 0 Å². The van der Waals surface area contributed by atoms with Crippen LogP contribution in [-0.2, 0) is 22.7 Å². The zero-order valence-electron chi connectivity index (χ0n) is 12.0. The predicted molar refractivity (Wildman–Crippen MR) is 83.6 cm³/mol. The van der Waals surface area contributed by atoms with Gasteiger partial charge in [-0.25, -0.2) is 4.98 Å². The molecule has 0 saturated heterocycles. The molecule has 0 spiro atoms. The van der Waals surface area contributed by atoms with E-state index in [1.807, 2.05) is 30.3 Å². The van der Waals surface area contributed by atoms with Crippen molar-refractivity contribution in [2.75, 3.05) is 6.61 Å². The van der Waals surface area contributed by atoms with Crippen molar-refractivity contribution in [3.05, 3.63) is 57.0 Å². The van der Waals surface area contributed by atoms with Crippen molar-refractivity contribution in [1.29, 1.82) is 0 Å². The maximum atomic E-state index is 12.1. The summed E-state index contributed by atoms with van der Waals surface area (Å²) < 4.78 is 11.7. The lowest BCUT2D eigenvalue weighted by Gasteiger charge is -2.09. The van der Waals surface area contributed by atoms with Gasteiger partial charge in [0, 0.05) is 0 Å². The summed E-state index contributed by atoms with van der Waals surface area (Å²) in [5.41, 5.74) is 0.568. The molecule has 2 rings (SSSR count). The van der Waals surface area contributed by atoms with Gasteiger partial charge in [-0.15, -0.1) is 0 Å². The summed E-state index contributed by atoms with van der Waals surface area (Å²) in [7, 11) is 0. The third-order valence-corrected chi connectivity index (χ3v) is 3.45. The molecule has 0 amide bonds. The minimum atomic E-state index is -0.490. The topological polar surface area (TPSA) is 70.4 Å². The fraction of sp³-hybridized carbons (Fsp3) is 0.267. The number of hydrogen-bond donors (Lipinski definition) is 0. The van der Waals surface area contributed by atoms with Gasteiger partial charge in [0.25, 0.3) is 5.56 Å². The number of aromatic nitrogens is 2.